The number of rotatable bonds is 3. The fraction of sp³-hybridized carbons (Fsp3) is 0.118. The Balaban J connectivity index is 2.10. The Morgan fingerprint density at radius 2 is 2.15 bits per heavy atom. The van der Waals surface area contributed by atoms with Crippen LogP contribution < -0.4 is 0 Å². The number of ether oxygens (including phenoxy) is 1. The molecule has 0 amide bonds. The highest BCUT2D eigenvalue weighted by Crippen LogP contribution is 2.22. The molecule has 3 nitrogen and oxygen atoms in total. The molecule has 0 saturated heterocycles. The van der Waals surface area contributed by atoms with Gasteiger partial charge in [-0.25, -0.2) is 4.79 Å². The van der Waals surface area contributed by atoms with E-state index in [1.165, 1.54) is 7.11 Å². The molecule has 0 spiro atoms. The number of methoxy groups -OCH3 is 1. The highest BCUT2D eigenvalue weighted by atomic mass is 16.5. The summed E-state index contributed by atoms with van der Waals surface area (Å²) in [7, 11) is 1.40. The zero-order valence-electron chi connectivity index (χ0n) is 11.2. The molecule has 0 fully saturated rings. The second-order valence-electron chi connectivity index (χ2n) is 4.59. The Hall–Kier alpha value is -2.55. The third-order valence-electron chi connectivity index (χ3n) is 3.32. The standard InChI is InChI=1S/C17H14NO2/c1-20-17(19)15-9-5-8-14-10-11-18(16(14)15)12-13-6-3-2-4-7-13/h2-3,5-11H,12H2,1H3. The van der Waals surface area contributed by atoms with Crippen molar-refractivity contribution in [2.24, 2.45) is 0 Å². The van der Waals surface area contributed by atoms with Gasteiger partial charge < -0.3 is 9.30 Å². The van der Waals surface area contributed by atoms with E-state index < -0.39 is 0 Å². The fourth-order valence-corrected chi connectivity index (χ4v) is 2.39. The van der Waals surface area contributed by atoms with Gasteiger partial charge in [-0.3, -0.25) is 0 Å². The van der Waals surface area contributed by atoms with Gasteiger partial charge >= 0.3 is 5.97 Å². The minimum absolute atomic E-state index is 0.310. The highest BCUT2D eigenvalue weighted by molar-refractivity contribution is 6.03. The lowest BCUT2D eigenvalue weighted by Crippen LogP contribution is -2.06. The minimum atomic E-state index is -0.310. The van der Waals surface area contributed by atoms with E-state index >= 15 is 0 Å². The number of para-hydroxylation sites is 1. The van der Waals surface area contributed by atoms with Gasteiger partial charge in [-0.2, -0.15) is 0 Å². The number of esters is 1. The maximum Gasteiger partial charge on any atom is 0.340 e. The first kappa shape index (κ1) is 12.5. The van der Waals surface area contributed by atoms with Crippen molar-refractivity contribution in [1.29, 1.82) is 0 Å². The molecule has 0 saturated carbocycles. The molecule has 1 heterocycles. The topological polar surface area (TPSA) is 31.2 Å². The number of hydrogen-bond donors (Lipinski definition) is 0. The Bertz CT molecular complexity index is 744. The van der Waals surface area contributed by atoms with Gasteiger partial charge in [0.2, 0.25) is 0 Å². The Labute approximate surface area is 117 Å². The lowest BCUT2D eigenvalue weighted by Gasteiger charge is -2.09. The van der Waals surface area contributed by atoms with Crippen LogP contribution in [0.25, 0.3) is 10.9 Å². The van der Waals surface area contributed by atoms with Crippen LogP contribution in [0.3, 0.4) is 0 Å². The van der Waals surface area contributed by atoms with E-state index in [0.29, 0.717) is 12.1 Å². The Morgan fingerprint density at radius 3 is 2.90 bits per heavy atom. The largest absolute Gasteiger partial charge is 0.465 e. The first-order valence-electron chi connectivity index (χ1n) is 6.41. The molecule has 3 aromatic rings. The summed E-state index contributed by atoms with van der Waals surface area (Å²) in [5, 5.41) is 1.04. The van der Waals surface area contributed by atoms with Crippen molar-refractivity contribution in [3.8, 4) is 0 Å². The molecule has 0 atom stereocenters. The fourth-order valence-electron chi connectivity index (χ4n) is 2.39. The summed E-state index contributed by atoms with van der Waals surface area (Å²) in [4.78, 5) is 11.9. The third kappa shape index (κ3) is 2.18. The predicted octanol–water partition coefficient (Wildman–Crippen LogP) is 3.28. The average molecular weight is 264 g/mol. The van der Waals surface area contributed by atoms with Crippen LogP contribution in [0, 0.1) is 6.07 Å². The van der Waals surface area contributed by atoms with Crippen molar-refractivity contribution >= 4 is 16.9 Å². The summed E-state index contributed by atoms with van der Waals surface area (Å²) < 4.78 is 6.92. The summed E-state index contributed by atoms with van der Waals surface area (Å²) in [6.45, 7) is 0.703. The van der Waals surface area contributed by atoms with Gasteiger partial charge in [-0.1, -0.05) is 30.3 Å². The molecule has 99 valence electrons. The van der Waals surface area contributed by atoms with Crippen molar-refractivity contribution in [3.63, 3.8) is 0 Å². The molecule has 3 heteroatoms. The highest BCUT2D eigenvalue weighted by Gasteiger charge is 2.13. The molecule has 0 aliphatic rings. The molecule has 20 heavy (non-hydrogen) atoms. The van der Waals surface area contributed by atoms with Crippen molar-refractivity contribution in [2.75, 3.05) is 7.11 Å². The van der Waals surface area contributed by atoms with Gasteiger partial charge in [0.15, 0.2) is 0 Å². The van der Waals surface area contributed by atoms with Crippen LogP contribution in [0.15, 0.2) is 54.7 Å². The Morgan fingerprint density at radius 1 is 1.25 bits per heavy atom. The van der Waals surface area contributed by atoms with E-state index in [0.717, 1.165) is 16.5 Å². The number of carbonyl (C=O) groups excluding carboxylic acids is 1. The molecule has 1 aromatic heterocycles. The van der Waals surface area contributed by atoms with E-state index in [4.69, 9.17) is 4.74 Å². The molecule has 0 unspecified atom stereocenters. The second-order valence-corrected chi connectivity index (χ2v) is 4.59. The van der Waals surface area contributed by atoms with Crippen molar-refractivity contribution in [3.05, 3.63) is 71.9 Å². The molecule has 0 N–H and O–H groups in total. The number of hydrogen-bond acceptors (Lipinski definition) is 2. The van der Waals surface area contributed by atoms with Crippen molar-refractivity contribution in [2.45, 2.75) is 6.54 Å². The summed E-state index contributed by atoms with van der Waals surface area (Å²) in [5.41, 5.74) is 2.64. The maximum atomic E-state index is 11.9. The molecule has 0 aliphatic carbocycles. The lowest BCUT2D eigenvalue weighted by molar-refractivity contribution is 0.0602. The SMILES string of the molecule is COC(=O)c1cccc2ccn(Cc3c[c]ccc3)c12. The van der Waals surface area contributed by atoms with E-state index in [-0.39, 0.29) is 5.97 Å². The molecule has 1 radical (unpaired) electrons. The summed E-state index contributed by atoms with van der Waals surface area (Å²) >= 11 is 0. The van der Waals surface area contributed by atoms with Gasteiger partial charge in [0, 0.05) is 18.1 Å². The molecule has 3 rings (SSSR count). The van der Waals surface area contributed by atoms with Gasteiger partial charge in [0.05, 0.1) is 18.2 Å². The van der Waals surface area contributed by atoms with Gasteiger partial charge in [0.25, 0.3) is 0 Å². The van der Waals surface area contributed by atoms with E-state index in [9.17, 15) is 4.79 Å². The van der Waals surface area contributed by atoms with Crippen molar-refractivity contribution in [1.82, 2.24) is 4.57 Å². The molecular formula is C17H14NO2. The van der Waals surface area contributed by atoms with Gasteiger partial charge in [0.1, 0.15) is 0 Å². The molecular weight excluding hydrogens is 250 g/mol. The first-order valence-corrected chi connectivity index (χ1v) is 6.41. The van der Waals surface area contributed by atoms with Crippen LogP contribution in [0.2, 0.25) is 0 Å². The summed E-state index contributed by atoms with van der Waals surface area (Å²) in [6, 6.07) is 18.6. The van der Waals surface area contributed by atoms with Crippen LogP contribution in [-0.2, 0) is 11.3 Å². The number of fused-ring (bicyclic) bond motifs is 1. The van der Waals surface area contributed by atoms with Crippen LogP contribution in [0.1, 0.15) is 15.9 Å². The molecule has 0 bridgehead atoms. The molecule has 0 aliphatic heterocycles. The van der Waals surface area contributed by atoms with Crippen LogP contribution in [0.4, 0.5) is 0 Å². The number of benzene rings is 2. The monoisotopic (exact) mass is 264 g/mol. The maximum absolute atomic E-state index is 11.9. The second kappa shape index (κ2) is 5.21. The quantitative estimate of drug-likeness (QED) is 0.680. The van der Waals surface area contributed by atoms with Crippen LogP contribution in [0.5, 0.6) is 0 Å². The van der Waals surface area contributed by atoms with Crippen LogP contribution >= 0.6 is 0 Å². The normalized spacial score (nSPS) is 10.7. The van der Waals surface area contributed by atoms with Gasteiger partial charge in [-0.15, -0.1) is 0 Å². The van der Waals surface area contributed by atoms with E-state index in [1.54, 1.807) is 6.07 Å². The number of aromatic nitrogens is 1. The van der Waals surface area contributed by atoms with E-state index in [2.05, 4.69) is 10.6 Å². The zero-order chi connectivity index (χ0) is 13.9. The minimum Gasteiger partial charge on any atom is -0.465 e. The number of carbonyl (C=O) groups is 1. The van der Waals surface area contributed by atoms with Crippen LogP contribution in [-0.4, -0.2) is 17.6 Å². The van der Waals surface area contributed by atoms with Crippen molar-refractivity contribution < 1.29 is 9.53 Å². The number of nitrogens with zero attached hydrogens (tertiary/aromatic N) is 1. The first-order chi connectivity index (χ1) is 9.79. The Kier molecular flexibility index (Phi) is 3.25. The molecule has 2 aromatic carbocycles. The third-order valence-corrected chi connectivity index (χ3v) is 3.32. The van der Waals surface area contributed by atoms with Gasteiger partial charge in [-0.05, 0) is 29.8 Å². The van der Waals surface area contributed by atoms with E-state index in [1.807, 2.05) is 48.7 Å². The summed E-state index contributed by atoms with van der Waals surface area (Å²) in [6.07, 6.45) is 1.99. The predicted molar refractivity (Wildman–Crippen MR) is 77.7 cm³/mol. The lowest BCUT2D eigenvalue weighted by atomic mass is 10.1. The smallest absolute Gasteiger partial charge is 0.340 e. The zero-order valence-corrected chi connectivity index (χ0v) is 11.2. The average Bonchev–Trinajstić information content (AvgIpc) is 2.91. The summed E-state index contributed by atoms with van der Waals surface area (Å²) in [5.74, 6) is -0.310.